The van der Waals surface area contributed by atoms with Crippen LogP contribution in [0.5, 0.6) is 0 Å². The predicted octanol–water partition coefficient (Wildman–Crippen LogP) is 0.713. The van der Waals surface area contributed by atoms with Gasteiger partial charge in [0, 0.05) is 22.2 Å². The highest BCUT2D eigenvalue weighted by molar-refractivity contribution is 6.21. The molecule has 1 saturated carbocycles. The molecule has 1 fully saturated rings. The Morgan fingerprint density at radius 2 is 1.89 bits per heavy atom. The fraction of sp³-hybridized carbons (Fsp3) is 0.889. The van der Waals surface area contributed by atoms with E-state index in [4.69, 9.17) is 11.6 Å². The van der Waals surface area contributed by atoms with Gasteiger partial charge in [0.1, 0.15) is 0 Å². The highest BCUT2D eigenvalue weighted by Gasteiger charge is 2.56. The first-order chi connectivity index (χ1) is 8.31. The van der Waals surface area contributed by atoms with E-state index in [0.29, 0.717) is 0 Å². The standard InChI is InChI=1S/C9H13ClN2O6/c1-4-5(9(13)18-2)3-6(11(14)15)7(10)8(4)12(16)17/h4-8H,3H2,1-2H3. The van der Waals surface area contributed by atoms with Crippen LogP contribution < -0.4 is 0 Å². The Balaban J connectivity index is 3.07. The van der Waals surface area contributed by atoms with Crippen LogP contribution in [0.25, 0.3) is 0 Å². The lowest BCUT2D eigenvalue weighted by atomic mass is 9.74. The number of hydrogen-bond acceptors (Lipinski definition) is 6. The maximum atomic E-state index is 11.5. The summed E-state index contributed by atoms with van der Waals surface area (Å²) in [6.45, 7) is 1.49. The minimum Gasteiger partial charge on any atom is -0.469 e. The molecule has 0 saturated heterocycles. The second-order valence-electron chi connectivity index (χ2n) is 4.30. The Hall–Kier alpha value is -1.44. The van der Waals surface area contributed by atoms with Gasteiger partial charge in [-0.1, -0.05) is 6.92 Å². The van der Waals surface area contributed by atoms with Crippen molar-refractivity contribution in [3.8, 4) is 0 Å². The quantitative estimate of drug-likeness (QED) is 0.326. The van der Waals surface area contributed by atoms with Gasteiger partial charge in [0.05, 0.1) is 13.0 Å². The minimum atomic E-state index is -1.33. The molecule has 0 aliphatic heterocycles. The van der Waals surface area contributed by atoms with Gasteiger partial charge in [-0.3, -0.25) is 25.0 Å². The summed E-state index contributed by atoms with van der Waals surface area (Å²) in [4.78, 5) is 32.0. The Kier molecular flexibility index (Phi) is 4.44. The molecule has 0 aromatic heterocycles. The van der Waals surface area contributed by atoms with Gasteiger partial charge in [-0.25, -0.2) is 0 Å². The molecular formula is C9H13ClN2O6. The van der Waals surface area contributed by atoms with Gasteiger partial charge >= 0.3 is 5.97 Å². The number of halogens is 1. The van der Waals surface area contributed by atoms with Crippen LogP contribution >= 0.6 is 11.6 Å². The smallest absolute Gasteiger partial charge is 0.309 e. The van der Waals surface area contributed by atoms with Crippen molar-refractivity contribution in [1.29, 1.82) is 0 Å². The van der Waals surface area contributed by atoms with E-state index in [1.165, 1.54) is 6.92 Å². The van der Waals surface area contributed by atoms with E-state index in [-0.39, 0.29) is 6.42 Å². The molecule has 5 atom stereocenters. The van der Waals surface area contributed by atoms with E-state index in [2.05, 4.69) is 4.74 Å². The predicted molar refractivity (Wildman–Crippen MR) is 60.5 cm³/mol. The lowest BCUT2D eigenvalue weighted by Crippen LogP contribution is -2.54. The summed E-state index contributed by atoms with van der Waals surface area (Å²) in [5, 5.41) is 20.6. The number of carbonyl (C=O) groups excluding carboxylic acids is 1. The van der Waals surface area contributed by atoms with Crippen LogP contribution in [0.15, 0.2) is 0 Å². The first-order valence-corrected chi connectivity index (χ1v) is 5.73. The molecule has 0 bridgehead atoms. The molecule has 8 nitrogen and oxygen atoms in total. The summed E-state index contributed by atoms with van der Waals surface area (Å²) in [7, 11) is 1.14. The Morgan fingerprint density at radius 1 is 1.33 bits per heavy atom. The molecule has 0 aromatic carbocycles. The lowest BCUT2D eigenvalue weighted by Gasteiger charge is -2.33. The third kappa shape index (κ3) is 2.53. The van der Waals surface area contributed by atoms with Crippen molar-refractivity contribution < 1.29 is 19.4 Å². The summed E-state index contributed by atoms with van der Waals surface area (Å²) < 4.78 is 4.52. The normalized spacial score (nSPS) is 35.8. The first kappa shape index (κ1) is 14.6. The number of nitrogens with zero attached hydrogens (tertiary/aromatic N) is 2. The van der Waals surface area contributed by atoms with Gasteiger partial charge in [-0.15, -0.1) is 11.6 Å². The summed E-state index contributed by atoms with van der Waals surface area (Å²) in [6, 6.07) is -2.65. The van der Waals surface area contributed by atoms with Crippen molar-refractivity contribution in [2.45, 2.75) is 30.8 Å². The number of rotatable bonds is 3. The number of esters is 1. The highest BCUT2D eigenvalue weighted by Crippen LogP contribution is 2.36. The number of carbonyl (C=O) groups is 1. The Morgan fingerprint density at radius 3 is 2.28 bits per heavy atom. The lowest BCUT2D eigenvalue weighted by molar-refractivity contribution is -0.574. The monoisotopic (exact) mass is 280 g/mol. The molecule has 9 heteroatoms. The molecule has 1 rings (SSSR count). The number of hydrogen-bond donors (Lipinski definition) is 0. The topological polar surface area (TPSA) is 113 Å². The summed E-state index contributed by atoms with van der Waals surface area (Å²) >= 11 is 5.81. The average molecular weight is 281 g/mol. The van der Waals surface area contributed by atoms with E-state index in [9.17, 15) is 25.0 Å². The second kappa shape index (κ2) is 5.47. The molecule has 0 aromatic rings. The number of ether oxygens (including phenoxy) is 1. The van der Waals surface area contributed by atoms with E-state index in [1.807, 2.05) is 0 Å². The molecule has 1 aliphatic rings. The third-order valence-corrected chi connectivity index (χ3v) is 3.93. The van der Waals surface area contributed by atoms with Gasteiger partial charge in [0.15, 0.2) is 5.38 Å². The molecule has 0 spiro atoms. The van der Waals surface area contributed by atoms with Crippen molar-refractivity contribution in [2.75, 3.05) is 7.11 Å². The SMILES string of the molecule is COC(=O)C1CC([N+](=O)[O-])C(Cl)C([N+](=O)[O-])C1C. The summed E-state index contributed by atoms with van der Waals surface area (Å²) in [5.41, 5.74) is 0. The second-order valence-corrected chi connectivity index (χ2v) is 4.80. The summed E-state index contributed by atoms with van der Waals surface area (Å²) in [6.07, 6.45) is -0.140. The van der Waals surface area contributed by atoms with Crippen LogP contribution in [0, 0.1) is 32.1 Å². The van der Waals surface area contributed by atoms with Gasteiger partial charge in [0.25, 0.3) is 0 Å². The third-order valence-electron chi connectivity index (χ3n) is 3.38. The zero-order valence-electron chi connectivity index (χ0n) is 9.82. The molecule has 18 heavy (non-hydrogen) atoms. The molecule has 102 valence electrons. The van der Waals surface area contributed by atoms with E-state index in [0.717, 1.165) is 7.11 Å². The van der Waals surface area contributed by atoms with Gasteiger partial charge < -0.3 is 4.74 Å². The maximum absolute atomic E-state index is 11.5. The zero-order chi connectivity index (χ0) is 14.0. The molecule has 0 amide bonds. The number of nitro groups is 2. The van der Waals surface area contributed by atoms with Gasteiger partial charge in [-0.05, 0) is 0 Å². The van der Waals surface area contributed by atoms with Crippen molar-refractivity contribution in [3.05, 3.63) is 20.2 Å². The maximum Gasteiger partial charge on any atom is 0.309 e. The molecule has 0 radical (unpaired) electrons. The molecule has 1 aliphatic carbocycles. The van der Waals surface area contributed by atoms with Gasteiger partial charge in [0.2, 0.25) is 12.1 Å². The zero-order valence-corrected chi connectivity index (χ0v) is 10.6. The minimum absolute atomic E-state index is 0.140. The molecule has 0 heterocycles. The summed E-state index contributed by atoms with van der Waals surface area (Å²) in [5.74, 6) is -2.26. The molecule has 0 N–H and O–H groups in total. The van der Waals surface area contributed by atoms with Crippen LogP contribution in [-0.2, 0) is 9.53 Å². The number of alkyl halides is 1. The fourth-order valence-corrected chi connectivity index (χ4v) is 2.85. The average Bonchev–Trinajstić information content (AvgIpc) is 2.27. The van der Waals surface area contributed by atoms with Crippen LogP contribution in [0.3, 0.4) is 0 Å². The van der Waals surface area contributed by atoms with Crippen LogP contribution in [0.1, 0.15) is 13.3 Å². The van der Waals surface area contributed by atoms with Crippen LogP contribution in [-0.4, -0.2) is 40.4 Å². The Labute approximate surface area is 108 Å². The largest absolute Gasteiger partial charge is 0.469 e. The van der Waals surface area contributed by atoms with E-state index < -0.39 is 45.1 Å². The fourth-order valence-electron chi connectivity index (χ4n) is 2.33. The van der Waals surface area contributed by atoms with E-state index in [1.54, 1.807) is 0 Å². The van der Waals surface area contributed by atoms with Crippen LogP contribution in [0.4, 0.5) is 0 Å². The molecule has 5 unspecified atom stereocenters. The first-order valence-electron chi connectivity index (χ1n) is 5.30. The van der Waals surface area contributed by atoms with Crippen molar-refractivity contribution >= 4 is 17.6 Å². The van der Waals surface area contributed by atoms with Crippen molar-refractivity contribution in [1.82, 2.24) is 0 Å². The van der Waals surface area contributed by atoms with Crippen molar-refractivity contribution in [2.24, 2.45) is 11.8 Å². The molecular weight excluding hydrogens is 268 g/mol. The van der Waals surface area contributed by atoms with Crippen molar-refractivity contribution in [3.63, 3.8) is 0 Å². The Bertz CT molecular complexity index is 376. The highest BCUT2D eigenvalue weighted by atomic mass is 35.5. The van der Waals surface area contributed by atoms with Gasteiger partial charge in [-0.2, -0.15) is 0 Å². The van der Waals surface area contributed by atoms with E-state index >= 15 is 0 Å². The number of methoxy groups -OCH3 is 1. The van der Waals surface area contributed by atoms with Crippen LogP contribution in [0.2, 0.25) is 0 Å².